The third-order valence-electron chi connectivity index (χ3n) is 3.52. The zero-order chi connectivity index (χ0) is 19.2. The number of nitrogens with zero attached hydrogens (tertiary/aromatic N) is 2. The number of anilines is 1. The highest BCUT2D eigenvalue weighted by Crippen LogP contribution is 2.35. The molecule has 0 fully saturated rings. The van der Waals surface area contributed by atoms with E-state index in [-0.39, 0.29) is 17.9 Å². The lowest BCUT2D eigenvalue weighted by Crippen LogP contribution is -2.15. The molecule has 8 nitrogen and oxygen atoms in total. The molecule has 0 atom stereocenters. The highest BCUT2D eigenvalue weighted by Gasteiger charge is 2.22. The number of rotatable bonds is 6. The van der Waals surface area contributed by atoms with Crippen LogP contribution in [0.1, 0.15) is 15.9 Å². The zero-order valence-electron chi connectivity index (χ0n) is 14.2. The summed E-state index contributed by atoms with van der Waals surface area (Å²) < 4.78 is 10.1. The maximum Gasteiger partial charge on any atom is 0.412 e. The van der Waals surface area contributed by atoms with Gasteiger partial charge in [0.15, 0.2) is 0 Å². The molecule has 2 N–H and O–H groups in total. The average molecular weight is 385 g/mol. The number of carbonyl (C=O) groups excluding carboxylic acids is 1. The number of carboxylic acid groups (broad SMARTS) is 1. The summed E-state index contributed by atoms with van der Waals surface area (Å²) in [4.78, 5) is 32.3. The molecule has 138 valence electrons. The van der Waals surface area contributed by atoms with Crippen LogP contribution < -0.4 is 10.1 Å². The quantitative estimate of drug-likeness (QED) is 0.666. The van der Waals surface area contributed by atoms with Gasteiger partial charge in [0, 0.05) is 5.38 Å². The van der Waals surface area contributed by atoms with Crippen molar-refractivity contribution < 1.29 is 24.2 Å². The van der Waals surface area contributed by atoms with Crippen molar-refractivity contribution in [2.24, 2.45) is 0 Å². The predicted octanol–water partition coefficient (Wildman–Crippen LogP) is 3.66. The van der Waals surface area contributed by atoms with Crippen molar-refractivity contribution in [3.8, 4) is 16.5 Å². The molecule has 0 spiro atoms. The monoisotopic (exact) mass is 385 g/mol. The third kappa shape index (κ3) is 4.39. The first kappa shape index (κ1) is 18.3. The van der Waals surface area contributed by atoms with E-state index in [1.54, 1.807) is 0 Å². The number of aromatic carboxylic acids is 1. The van der Waals surface area contributed by atoms with Gasteiger partial charge < -0.3 is 14.6 Å². The first-order valence-electron chi connectivity index (χ1n) is 7.77. The Morgan fingerprint density at radius 2 is 1.96 bits per heavy atom. The number of aromatic nitrogens is 2. The summed E-state index contributed by atoms with van der Waals surface area (Å²) in [6, 6.07) is 9.17. The smallest absolute Gasteiger partial charge is 0.412 e. The topological polar surface area (TPSA) is 111 Å². The number of carbonyl (C=O) groups is 2. The molecule has 1 amide bonds. The normalized spacial score (nSPS) is 10.3. The molecule has 0 radical (unpaired) electrons. The molecule has 0 saturated carbocycles. The van der Waals surface area contributed by atoms with Gasteiger partial charge in [0.1, 0.15) is 12.2 Å². The van der Waals surface area contributed by atoms with Crippen LogP contribution in [0.3, 0.4) is 0 Å². The lowest BCUT2D eigenvalue weighted by molar-refractivity contribution is 0.0699. The number of methoxy groups -OCH3 is 1. The molecule has 27 heavy (non-hydrogen) atoms. The minimum atomic E-state index is -1.19. The van der Waals surface area contributed by atoms with Crippen molar-refractivity contribution >= 4 is 29.1 Å². The minimum absolute atomic E-state index is 0.0730. The van der Waals surface area contributed by atoms with Gasteiger partial charge in [-0.05, 0) is 5.56 Å². The van der Waals surface area contributed by atoms with Gasteiger partial charge in [0.2, 0.25) is 5.88 Å². The number of benzene rings is 1. The molecule has 0 unspecified atom stereocenters. The van der Waals surface area contributed by atoms with E-state index in [4.69, 9.17) is 9.47 Å². The Balaban J connectivity index is 1.76. The number of nitrogens with one attached hydrogen (secondary N) is 1. The summed E-state index contributed by atoms with van der Waals surface area (Å²) in [7, 11) is 1.46. The van der Waals surface area contributed by atoms with Crippen molar-refractivity contribution in [2.75, 3.05) is 12.4 Å². The van der Waals surface area contributed by atoms with Gasteiger partial charge in [-0.1, -0.05) is 30.3 Å². The Hall–Kier alpha value is -3.46. The lowest BCUT2D eigenvalue weighted by atomic mass is 10.2. The van der Waals surface area contributed by atoms with Crippen LogP contribution in [0.2, 0.25) is 0 Å². The van der Waals surface area contributed by atoms with Gasteiger partial charge in [-0.3, -0.25) is 5.32 Å². The van der Waals surface area contributed by atoms with Crippen LogP contribution in [-0.4, -0.2) is 34.2 Å². The van der Waals surface area contributed by atoms with Crippen LogP contribution in [-0.2, 0) is 11.3 Å². The van der Waals surface area contributed by atoms with E-state index in [9.17, 15) is 14.7 Å². The second-order valence-electron chi connectivity index (χ2n) is 5.29. The summed E-state index contributed by atoms with van der Waals surface area (Å²) >= 11 is 1.13. The number of carboxylic acids is 1. The molecule has 9 heteroatoms. The van der Waals surface area contributed by atoms with Crippen LogP contribution in [0, 0.1) is 0 Å². The number of hydrogen-bond acceptors (Lipinski definition) is 7. The third-order valence-corrected chi connectivity index (χ3v) is 4.53. The van der Waals surface area contributed by atoms with Gasteiger partial charge in [-0.15, -0.1) is 11.3 Å². The van der Waals surface area contributed by atoms with E-state index in [0.29, 0.717) is 16.5 Å². The SMILES string of the molecule is COc1cnc(-c2scc(NC(=O)OCc3ccccc3)c2C(=O)O)cn1. The van der Waals surface area contributed by atoms with E-state index in [1.807, 2.05) is 30.3 Å². The molecule has 1 aromatic carbocycles. The lowest BCUT2D eigenvalue weighted by Gasteiger charge is -2.07. The molecule has 0 aliphatic heterocycles. The van der Waals surface area contributed by atoms with E-state index < -0.39 is 12.1 Å². The number of amides is 1. The number of thiophene rings is 1. The number of hydrogen-bond donors (Lipinski definition) is 2. The Morgan fingerprint density at radius 3 is 2.59 bits per heavy atom. The van der Waals surface area contributed by atoms with Crippen LogP contribution in [0.25, 0.3) is 10.6 Å². The second kappa shape index (κ2) is 8.28. The van der Waals surface area contributed by atoms with Gasteiger partial charge >= 0.3 is 12.1 Å². The largest absolute Gasteiger partial charge is 0.480 e. The first-order chi connectivity index (χ1) is 13.1. The Kier molecular flexibility index (Phi) is 5.62. The highest BCUT2D eigenvalue weighted by molar-refractivity contribution is 7.14. The van der Waals surface area contributed by atoms with E-state index in [0.717, 1.165) is 16.9 Å². The van der Waals surface area contributed by atoms with E-state index in [2.05, 4.69) is 15.3 Å². The Bertz CT molecular complexity index is 941. The summed E-state index contributed by atoms with van der Waals surface area (Å²) in [5, 5.41) is 13.6. The molecular weight excluding hydrogens is 370 g/mol. The molecular formula is C18H15N3O5S. The fraction of sp³-hybridized carbons (Fsp3) is 0.111. The van der Waals surface area contributed by atoms with Gasteiger partial charge in [-0.2, -0.15) is 0 Å². The summed E-state index contributed by atoms with van der Waals surface area (Å²) in [5.74, 6) is -0.878. The molecule has 0 aliphatic rings. The van der Waals surface area contributed by atoms with Crippen molar-refractivity contribution in [2.45, 2.75) is 6.61 Å². The van der Waals surface area contributed by atoms with Crippen molar-refractivity contribution in [1.29, 1.82) is 0 Å². The predicted molar refractivity (Wildman–Crippen MR) is 99.1 cm³/mol. The molecule has 0 aliphatic carbocycles. The average Bonchev–Trinajstić information content (AvgIpc) is 3.11. The summed E-state index contributed by atoms with van der Waals surface area (Å²) in [6.07, 6.45) is 2.06. The van der Waals surface area contributed by atoms with E-state index >= 15 is 0 Å². The molecule has 2 aromatic heterocycles. The van der Waals surface area contributed by atoms with E-state index in [1.165, 1.54) is 24.9 Å². The maximum atomic E-state index is 12.0. The fourth-order valence-electron chi connectivity index (χ4n) is 2.26. The molecule has 3 rings (SSSR count). The van der Waals surface area contributed by atoms with Gasteiger partial charge in [-0.25, -0.2) is 19.6 Å². The number of ether oxygens (including phenoxy) is 2. The fourth-order valence-corrected chi connectivity index (χ4v) is 3.21. The summed E-state index contributed by atoms with van der Waals surface area (Å²) in [6.45, 7) is 0.0794. The van der Waals surface area contributed by atoms with Crippen LogP contribution in [0.15, 0.2) is 48.1 Å². The molecule has 2 heterocycles. The van der Waals surface area contributed by atoms with Crippen molar-refractivity contribution in [1.82, 2.24) is 9.97 Å². The first-order valence-corrected chi connectivity index (χ1v) is 8.65. The zero-order valence-corrected chi connectivity index (χ0v) is 15.0. The standard InChI is InChI=1S/C18H15N3O5S/c1-25-14-8-19-12(7-20-14)16-15(17(22)23)13(10-27-16)21-18(24)26-9-11-5-3-2-4-6-11/h2-8,10H,9H2,1H3,(H,21,24)(H,22,23). The maximum absolute atomic E-state index is 12.0. The van der Waals surface area contributed by atoms with Crippen LogP contribution in [0.4, 0.5) is 10.5 Å². The second-order valence-corrected chi connectivity index (χ2v) is 6.17. The van der Waals surface area contributed by atoms with Gasteiger partial charge in [0.25, 0.3) is 0 Å². The highest BCUT2D eigenvalue weighted by atomic mass is 32.1. The van der Waals surface area contributed by atoms with Crippen molar-refractivity contribution in [3.05, 3.63) is 59.2 Å². The molecule has 3 aromatic rings. The molecule has 0 bridgehead atoms. The van der Waals surface area contributed by atoms with Crippen LogP contribution >= 0.6 is 11.3 Å². The van der Waals surface area contributed by atoms with Crippen molar-refractivity contribution in [3.63, 3.8) is 0 Å². The minimum Gasteiger partial charge on any atom is -0.480 e. The van der Waals surface area contributed by atoms with Gasteiger partial charge in [0.05, 0.1) is 35.8 Å². The van der Waals surface area contributed by atoms with Crippen LogP contribution in [0.5, 0.6) is 5.88 Å². The molecule has 0 saturated heterocycles. The summed E-state index contributed by atoms with van der Waals surface area (Å²) in [5.41, 5.74) is 1.25. The Morgan fingerprint density at radius 1 is 1.19 bits per heavy atom. The Labute approximate surface area is 158 Å².